The van der Waals surface area contributed by atoms with Gasteiger partial charge in [-0.05, 0) is 6.92 Å². The molecule has 1 rings (SSSR count). The van der Waals surface area contributed by atoms with Gasteiger partial charge in [0.1, 0.15) is 0 Å². The van der Waals surface area contributed by atoms with E-state index in [0.29, 0.717) is 23.7 Å². The van der Waals surface area contributed by atoms with Crippen molar-refractivity contribution >= 4 is 23.1 Å². The van der Waals surface area contributed by atoms with E-state index in [1.165, 1.54) is 11.3 Å². The van der Waals surface area contributed by atoms with E-state index in [1.54, 1.807) is 19.2 Å². The summed E-state index contributed by atoms with van der Waals surface area (Å²) in [6.07, 6.45) is 0.577. The van der Waals surface area contributed by atoms with Crippen molar-refractivity contribution in [3.63, 3.8) is 0 Å². The monoisotopic (exact) mass is 227 g/mol. The van der Waals surface area contributed by atoms with Gasteiger partial charge in [-0.25, -0.2) is 4.98 Å². The lowest BCUT2D eigenvalue weighted by molar-refractivity contribution is -0.142. The van der Waals surface area contributed by atoms with Gasteiger partial charge in [0, 0.05) is 11.8 Å². The number of thiazole rings is 1. The number of hydrogen-bond acceptors (Lipinski definition) is 5. The Morgan fingerprint density at radius 3 is 2.80 bits per heavy atom. The van der Waals surface area contributed by atoms with Crippen molar-refractivity contribution in [3.05, 3.63) is 16.1 Å². The molecule has 82 valence electrons. The molecule has 0 aromatic carbocycles. The molecule has 1 heterocycles. The van der Waals surface area contributed by atoms with Crippen LogP contribution in [-0.2, 0) is 16.0 Å². The Bertz CT molecular complexity index is 359. The summed E-state index contributed by atoms with van der Waals surface area (Å²) >= 11 is 1.27. The summed E-state index contributed by atoms with van der Waals surface area (Å²) in [6.45, 7) is 3.91. The Morgan fingerprint density at radius 2 is 2.20 bits per heavy atom. The summed E-state index contributed by atoms with van der Waals surface area (Å²) in [5, 5.41) is 2.19. The second-order valence-corrected chi connectivity index (χ2v) is 3.76. The van der Waals surface area contributed by atoms with E-state index in [1.807, 2.05) is 0 Å². The van der Waals surface area contributed by atoms with Crippen molar-refractivity contribution in [1.82, 2.24) is 4.98 Å². The minimum Gasteiger partial charge on any atom is -0.466 e. The maximum atomic E-state index is 11.3. The molecule has 4 nitrogen and oxygen atoms in total. The van der Waals surface area contributed by atoms with Gasteiger partial charge in [0.05, 0.1) is 18.7 Å². The van der Waals surface area contributed by atoms with Gasteiger partial charge in [-0.2, -0.15) is 0 Å². The van der Waals surface area contributed by atoms with Crippen LogP contribution in [0.4, 0.5) is 0 Å². The molecule has 0 aliphatic rings. The molecule has 0 N–H and O–H groups in total. The molecule has 15 heavy (non-hydrogen) atoms. The lowest BCUT2D eigenvalue weighted by Crippen LogP contribution is -2.08. The van der Waals surface area contributed by atoms with Gasteiger partial charge in [0.25, 0.3) is 0 Å². The van der Waals surface area contributed by atoms with E-state index in [9.17, 15) is 9.59 Å². The third kappa shape index (κ3) is 3.43. The van der Waals surface area contributed by atoms with Gasteiger partial charge in [-0.1, -0.05) is 6.92 Å². The first-order valence-corrected chi connectivity index (χ1v) is 5.68. The number of carbonyl (C=O) groups excluding carboxylic acids is 2. The molecule has 0 radical (unpaired) electrons. The van der Waals surface area contributed by atoms with Gasteiger partial charge in [0.15, 0.2) is 10.8 Å². The van der Waals surface area contributed by atoms with Crippen LogP contribution in [0, 0.1) is 0 Å². The summed E-state index contributed by atoms with van der Waals surface area (Å²) in [7, 11) is 0. The largest absolute Gasteiger partial charge is 0.466 e. The third-order valence-corrected chi connectivity index (χ3v) is 2.67. The molecule has 1 aromatic heterocycles. The van der Waals surface area contributed by atoms with E-state index in [2.05, 4.69) is 4.98 Å². The van der Waals surface area contributed by atoms with E-state index in [4.69, 9.17) is 4.74 Å². The Morgan fingerprint density at radius 1 is 1.47 bits per heavy atom. The summed E-state index contributed by atoms with van der Waals surface area (Å²) in [6, 6.07) is 0. The molecule has 0 saturated heterocycles. The number of hydrogen-bond donors (Lipinski definition) is 0. The van der Waals surface area contributed by atoms with Crippen LogP contribution in [0.5, 0.6) is 0 Å². The number of Topliss-reactive ketones (excluding diaryl/α,β-unsaturated/α-hetero) is 1. The highest BCUT2D eigenvalue weighted by molar-refractivity contribution is 7.11. The van der Waals surface area contributed by atoms with Crippen LogP contribution in [0.1, 0.15) is 35.8 Å². The zero-order valence-electron chi connectivity index (χ0n) is 8.78. The molecule has 0 bridgehead atoms. The van der Waals surface area contributed by atoms with Gasteiger partial charge in [-0.15, -0.1) is 11.3 Å². The zero-order chi connectivity index (χ0) is 11.3. The average Bonchev–Trinajstić information content (AvgIpc) is 2.65. The molecule has 0 unspecified atom stereocenters. The first-order valence-electron chi connectivity index (χ1n) is 4.80. The number of ketones is 1. The Balaban J connectivity index is 2.60. The van der Waals surface area contributed by atoms with Crippen LogP contribution < -0.4 is 0 Å². The SMILES string of the molecule is CCOC(=O)Cc1csc(C(=O)CC)n1. The number of esters is 1. The van der Waals surface area contributed by atoms with Crippen molar-refractivity contribution in [3.8, 4) is 0 Å². The minimum atomic E-state index is -0.307. The molecule has 0 atom stereocenters. The molecule has 0 spiro atoms. The van der Waals surface area contributed by atoms with Crippen molar-refractivity contribution in [2.24, 2.45) is 0 Å². The maximum absolute atomic E-state index is 11.3. The molecule has 0 fully saturated rings. The fraction of sp³-hybridized carbons (Fsp3) is 0.500. The second kappa shape index (κ2) is 5.60. The predicted molar refractivity (Wildman–Crippen MR) is 57.1 cm³/mol. The lowest BCUT2D eigenvalue weighted by Gasteiger charge is -1.97. The number of ether oxygens (including phenoxy) is 1. The molecule has 0 aliphatic carbocycles. The van der Waals surface area contributed by atoms with Crippen molar-refractivity contribution in [2.75, 3.05) is 6.61 Å². The van der Waals surface area contributed by atoms with Gasteiger partial charge < -0.3 is 4.74 Å². The Labute approximate surface area is 92.3 Å². The van der Waals surface area contributed by atoms with E-state index < -0.39 is 0 Å². The normalized spacial score (nSPS) is 10.0. The van der Waals surface area contributed by atoms with Crippen molar-refractivity contribution in [1.29, 1.82) is 0 Å². The number of nitrogens with zero attached hydrogens (tertiary/aromatic N) is 1. The van der Waals surface area contributed by atoms with E-state index in [0.717, 1.165) is 0 Å². The number of aromatic nitrogens is 1. The lowest BCUT2D eigenvalue weighted by atomic mass is 10.3. The predicted octanol–water partition coefficient (Wildman–Crippen LogP) is 1.84. The van der Waals surface area contributed by atoms with Gasteiger partial charge >= 0.3 is 5.97 Å². The zero-order valence-corrected chi connectivity index (χ0v) is 9.60. The van der Waals surface area contributed by atoms with Crippen LogP contribution >= 0.6 is 11.3 Å². The van der Waals surface area contributed by atoms with Crippen LogP contribution in [0.2, 0.25) is 0 Å². The highest BCUT2D eigenvalue weighted by Gasteiger charge is 2.11. The molecule has 5 heteroatoms. The van der Waals surface area contributed by atoms with Crippen LogP contribution in [0.3, 0.4) is 0 Å². The van der Waals surface area contributed by atoms with Crippen molar-refractivity contribution in [2.45, 2.75) is 26.7 Å². The quantitative estimate of drug-likeness (QED) is 0.569. The molecule has 1 aromatic rings. The summed E-state index contributed by atoms with van der Waals surface area (Å²) in [5.74, 6) is -0.298. The standard InChI is InChI=1S/C10H13NO3S/c1-3-8(12)10-11-7(6-15-10)5-9(13)14-4-2/h6H,3-5H2,1-2H3. The van der Waals surface area contributed by atoms with E-state index >= 15 is 0 Å². The minimum absolute atomic E-state index is 0.00936. The fourth-order valence-corrected chi connectivity index (χ4v) is 1.86. The highest BCUT2D eigenvalue weighted by Crippen LogP contribution is 2.12. The van der Waals surface area contributed by atoms with Crippen LogP contribution in [0.25, 0.3) is 0 Å². The first-order chi connectivity index (χ1) is 7.17. The van der Waals surface area contributed by atoms with Gasteiger partial charge in [-0.3, -0.25) is 9.59 Å². The number of carbonyl (C=O) groups is 2. The Hall–Kier alpha value is -1.23. The topological polar surface area (TPSA) is 56.3 Å². The summed E-state index contributed by atoms with van der Waals surface area (Å²) < 4.78 is 4.78. The highest BCUT2D eigenvalue weighted by atomic mass is 32.1. The van der Waals surface area contributed by atoms with Crippen molar-refractivity contribution < 1.29 is 14.3 Å². The second-order valence-electron chi connectivity index (χ2n) is 2.90. The summed E-state index contributed by atoms with van der Waals surface area (Å²) in [5.41, 5.74) is 0.607. The molecular formula is C10H13NO3S. The van der Waals surface area contributed by atoms with E-state index in [-0.39, 0.29) is 18.2 Å². The first kappa shape index (κ1) is 11.8. The molecular weight excluding hydrogens is 214 g/mol. The average molecular weight is 227 g/mol. The number of rotatable bonds is 5. The molecule has 0 amide bonds. The van der Waals surface area contributed by atoms with Crippen LogP contribution in [0.15, 0.2) is 5.38 Å². The smallest absolute Gasteiger partial charge is 0.311 e. The Kier molecular flexibility index (Phi) is 4.42. The maximum Gasteiger partial charge on any atom is 0.311 e. The van der Waals surface area contributed by atoms with Gasteiger partial charge in [0.2, 0.25) is 0 Å². The molecule has 0 saturated carbocycles. The third-order valence-electron chi connectivity index (χ3n) is 1.74. The van der Waals surface area contributed by atoms with Crippen LogP contribution in [-0.4, -0.2) is 23.3 Å². The molecule has 0 aliphatic heterocycles. The fourth-order valence-electron chi connectivity index (χ4n) is 1.03. The summed E-state index contributed by atoms with van der Waals surface area (Å²) in [4.78, 5) is 26.5.